The molecule has 0 bridgehead atoms. The topological polar surface area (TPSA) is 117 Å². The summed E-state index contributed by atoms with van der Waals surface area (Å²) in [5.74, 6) is -2.77. The van der Waals surface area contributed by atoms with Crippen LogP contribution in [-0.4, -0.2) is 79.2 Å². The van der Waals surface area contributed by atoms with Crippen molar-refractivity contribution in [2.45, 2.75) is 18.9 Å². The number of carboxylic acids is 1. The number of aromatic carboxylic acids is 1. The van der Waals surface area contributed by atoms with Gasteiger partial charge in [0.1, 0.15) is 24.2 Å². The highest BCUT2D eigenvalue weighted by atomic mass is 19.1. The number of amides is 1. The molecule has 0 unspecified atom stereocenters. The number of hydrogen-bond acceptors (Lipinski definition) is 8. The number of carbonyl (C=O) groups is 2. The number of aromatic nitrogens is 1. The van der Waals surface area contributed by atoms with E-state index in [1.165, 1.54) is 43.5 Å². The zero-order chi connectivity index (χ0) is 29.0. The van der Waals surface area contributed by atoms with E-state index in [4.69, 9.17) is 9.57 Å². The van der Waals surface area contributed by atoms with Crippen molar-refractivity contribution in [3.63, 3.8) is 0 Å². The first kappa shape index (κ1) is 26.7. The maximum atomic E-state index is 15.7. The summed E-state index contributed by atoms with van der Waals surface area (Å²) in [7, 11) is 2.72. The maximum Gasteiger partial charge on any atom is 0.341 e. The molecule has 1 aliphatic carbocycles. The molecule has 13 heteroatoms. The van der Waals surface area contributed by atoms with Crippen molar-refractivity contribution in [1.29, 1.82) is 0 Å². The standard InChI is InChI=1S/C28H27F2N5O6/c1-40-26-23-18(25(36)19(28(38)39)13-34(23)16-4-5-16)12-20(30)24(26)33-9-7-32(8-10-33)14-35-21-6-3-15(29)11-17(21)22(27(35)37)31-41-2/h3,6,11-13,16H,4-5,7-10,14H2,1-2H3,(H,38,39)/b31-22+. The molecular formula is C28H27F2N5O6. The molecule has 0 atom stereocenters. The van der Waals surface area contributed by atoms with Crippen LogP contribution in [0.5, 0.6) is 5.75 Å². The van der Waals surface area contributed by atoms with Crippen molar-refractivity contribution in [3.05, 3.63) is 63.4 Å². The molecule has 3 heterocycles. The molecule has 0 spiro atoms. The van der Waals surface area contributed by atoms with Gasteiger partial charge in [0, 0.05) is 44.0 Å². The van der Waals surface area contributed by atoms with Crippen LogP contribution in [-0.2, 0) is 9.63 Å². The summed E-state index contributed by atoms with van der Waals surface area (Å²) in [6, 6.07) is 5.16. The number of carboxylic acid groups (broad SMARTS) is 1. The first-order valence-corrected chi connectivity index (χ1v) is 13.1. The molecule has 0 radical (unpaired) electrons. The average molecular weight is 568 g/mol. The summed E-state index contributed by atoms with van der Waals surface area (Å²) >= 11 is 0. The largest absolute Gasteiger partial charge is 0.492 e. The fourth-order valence-electron chi connectivity index (χ4n) is 5.64. The van der Waals surface area contributed by atoms with Crippen LogP contribution in [0.2, 0.25) is 0 Å². The van der Waals surface area contributed by atoms with Gasteiger partial charge in [-0.3, -0.25) is 19.4 Å². The molecule has 1 N–H and O–H groups in total. The van der Waals surface area contributed by atoms with E-state index in [2.05, 4.69) is 5.16 Å². The molecule has 2 aromatic carbocycles. The maximum absolute atomic E-state index is 15.7. The first-order valence-electron chi connectivity index (χ1n) is 13.1. The normalized spacial score (nSPS) is 18.3. The molecule has 3 aromatic rings. The molecule has 6 rings (SSSR count). The number of carbonyl (C=O) groups excluding carboxylic acids is 1. The second-order valence-electron chi connectivity index (χ2n) is 10.2. The Bertz CT molecular complexity index is 1680. The van der Waals surface area contributed by atoms with Gasteiger partial charge in [0.25, 0.3) is 5.91 Å². The van der Waals surface area contributed by atoms with Gasteiger partial charge in [-0.25, -0.2) is 13.6 Å². The van der Waals surface area contributed by atoms with Crippen LogP contribution < -0.4 is 20.0 Å². The Morgan fingerprint density at radius 3 is 2.46 bits per heavy atom. The van der Waals surface area contributed by atoms with Crippen LogP contribution >= 0.6 is 0 Å². The number of hydrogen-bond donors (Lipinski definition) is 1. The monoisotopic (exact) mass is 567 g/mol. The van der Waals surface area contributed by atoms with Gasteiger partial charge in [-0.05, 0) is 37.1 Å². The minimum absolute atomic E-state index is 0.00106. The van der Waals surface area contributed by atoms with Gasteiger partial charge in [-0.2, -0.15) is 0 Å². The molecule has 3 aliphatic rings. The van der Waals surface area contributed by atoms with Crippen LogP contribution in [0.3, 0.4) is 0 Å². The predicted octanol–water partition coefficient (Wildman–Crippen LogP) is 2.80. The quantitative estimate of drug-likeness (QED) is 0.434. The second-order valence-corrected chi connectivity index (χ2v) is 10.2. The van der Waals surface area contributed by atoms with E-state index in [1.807, 2.05) is 9.80 Å². The second kappa shape index (κ2) is 10.1. The predicted molar refractivity (Wildman–Crippen MR) is 146 cm³/mol. The smallest absolute Gasteiger partial charge is 0.341 e. The fraction of sp³-hybridized carbons (Fsp3) is 0.357. The van der Waals surface area contributed by atoms with Crippen LogP contribution in [0.25, 0.3) is 10.9 Å². The number of piperazine rings is 1. The molecule has 2 fully saturated rings. The summed E-state index contributed by atoms with van der Waals surface area (Å²) in [6.45, 7) is 1.91. The lowest BCUT2D eigenvalue weighted by molar-refractivity contribution is -0.112. The van der Waals surface area contributed by atoms with Crippen LogP contribution in [0.1, 0.15) is 34.8 Å². The lowest BCUT2D eigenvalue weighted by Crippen LogP contribution is -2.51. The van der Waals surface area contributed by atoms with Crippen molar-refractivity contribution in [2.75, 3.05) is 56.9 Å². The van der Waals surface area contributed by atoms with Crippen molar-refractivity contribution in [3.8, 4) is 5.75 Å². The van der Waals surface area contributed by atoms with Gasteiger partial charge in [-0.15, -0.1) is 0 Å². The zero-order valence-electron chi connectivity index (χ0n) is 22.4. The SMILES string of the molecule is CO/N=C1/C(=O)N(CN2CCN(c3c(F)cc4c(=O)c(C(=O)O)cn(C5CC5)c4c3OC)CC2)c2ccc(F)cc21. The number of rotatable bonds is 7. The van der Waals surface area contributed by atoms with E-state index < -0.39 is 34.5 Å². The Morgan fingerprint density at radius 2 is 1.83 bits per heavy atom. The summed E-state index contributed by atoms with van der Waals surface area (Å²) in [6.07, 6.45) is 2.95. The third-order valence-corrected chi connectivity index (χ3v) is 7.74. The molecule has 1 aromatic heterocycles. The number of halogens is 2. The zero-order valence-corrected chi connectivity index (χ0v) is 22.4. The minimum atomic E-state index is -1.37. The van der Waals surface area contributed by atoms with Crippen LogP contribution in [0.15, 0.2) is 40.4 Å². The van der Waals surface area contributed by atoms with E-state index in [0.29, 0.717) is 42.9 Å². The number of benzene rings is 2. The molecule has 214 valence electrons. The summed E-state index contributed by atoms with van der Waals surface area (Å²) in [5, 5.41) is 13.3. The van der Waals surface area contributed by atoms with Gasteiger partial charge in [0.15, 0.2) is 17.3 Å². The molecule has 11 nitrogen and oxygen atoms in total. The van der Waals surface area contributed by atoms with E-state index in [1.54, 1.807) is 4.57 Å². The van der Waals surface area contributed by atoms with Gasteiger partial charge < -0.3 is 24.1 Å². The Labute approximate surface area is 232 Å². The van der Waals surface area contributed by atoms with Crippen molar-refractivity contribution in [2.24, 2.45) is 5.16 Å². The van der Waals surface area contributed by atoms with Crippen molar-refractivity contribution >= 4 is 39.9 Å². The van der Waals surface area contributed by atoms with E-state index in [-0.39, 0.29) is 35.2 Å². The third kappa shape index (κ3) is 4.46. The highest BCUT2D eigenvalue weighted by molar-refractivity contribution is 6.54. The number of oxime groups is 1. The Hall–Kier alpha value is -4.52. The number of pyridine rings is 1. The lowest BCUT2D eigenvalue weighted by atomic mass is 10.1. The molecule has 2 aliphatic heterocycles. The number of nitrogens with zero attached hydrogens (tertiary/aromatic N) is 5. The average Bonchev–Trinajstić information content (AvgIpc) is 3.77. The van der Waals surface area contributed by atoms with Gasteiger partial charge in [0.05, 0.1) is 30.4 Å². The number of anilines is 2. The van der Waals surface area contributed by atoms with E-state index in [9.17, 15) is 23.9 Å². The fourth-order valence-corrected chi connectivity index (χ4v) is 5.64. The number of fused-ring (bicyclic) bond motifs is 2. The first-order chi connectivity index (χ1) is 19.7. The Balaban J connectivity index is 1.29. The molecule has 1 saturated heterocycles. The van der Waals surface area contributed by atoms with Gasteiger partial charge in [0.2, 0.25) is 5.43 Å². The third-order valence-electron chi connectivity index (χ3n) is 7.74. The molecular weight excluding hydrogens is 540 g/mol. The van der Waals surface area contributed by atoms with Crippen LogP contribution in [0.4, 0.5) is 20.2 Å². The lowest BCUT2D eigenvalue weighted by Gasteiger charge is -2.38. The summed E-state index contributed by atoms with van der Waals surface area (Å²) < 4.78 is 37.0. The minimum Gasteiger partial charge on any atom is -0.492 e. The highest BCUT2D eigenvalue weighted by Crippen LogP contribution is 2.44. The highest BCUT2D eigenvalue weighted by Gasteiger charge is 2.37. The summed E-state index contributed by atoms with van der Waals surface area (Å²) in [4.78, 5) is 47.9. The summed E-state index contributed by atoms with van der Waals surface area (Å²) in [5.41, 5.74) is 0.305. The van der Waals surface area contributed by atoms with E-state index in [0.717, 1.165) is 18.9 Å². The number of ether oxygens (including phenoxy) is 1. The van der Waals surface area contributed by atoms with Crippen molar-refractivity contribution in [1.82, 2.24) is 9.47 Å². The van der Waals surface area contributed by atoms with Gasteiger partial charge in [-0.1, -0.05) is 5.16 Å². The molecule has 1 saturated carbocycles. The Kier molecular flexibility index (Phi) is 6.60. The molecule has 1 amide bonds. The van der Waals surface area contributed by atoms with Gasteiger partial charge >= 0.3 is 5.97 Å². The number of methoxy groups -OCH3 is 1. The van der Waals surface area contributed by atoms with E-state index >= 15 is 4.39 Å². The van der Waals surface area contributed by atoms with Crippen LogP contribution in [0, 0.1) is 11.6 Å². The molecule has 41 heavy (non-hydrogen) atoms. The van der Waals surface area contributed by atoms with Crippen molar-refractivity contribution < 1.29 is 33.1 Å². The Morgan fingerprint density at radius 1 is 1.10 bits per heavy atom.